The largest absolute Gasteiger partial charge is 0.494 e. The predicted octanol–water partition coefficient (Wildman–Crippen LogP) is 3.49. The molecular formula is C26H22N3O3P. The fraction of sp³-hybridized carbons (Fsp3) is 0.192. The second kappa shape index (κ2) is 6.45. The van der Waals surface area contributed by atoms with Crippen LogP contribution in [0.3, 0.4) is 0 Å². The van der Waals surface area contributed by atoms with Gasteiger partial charge in [0.2, 0.25) is 5.88 Å². The van der Waals surface area contributed by atoms with Crippen molar-refractivity contribution < 1.29 is 15.3 Å². The van der Waals surface area contributed by atoms with Crippen LogP contribution in [0.25, 0.3) is 50.3 Å². The zero-order valence-electron chi connectivity index (χ0n) is 17.7. The predicted molar refractivity (Wildman–Crippen MR) is 133 cm³/mol. The summed E-state index contributed by atoms with van der Waals surface area (Å²) in [4.78, 5) is 5.07. The number of hydrogen-bond donors (Lipinski definition) is 3. The van der Waals surface area contributed by atoms with Crippen molar-refractivity contribution >= 4 is 54.2 Å². The Bertz CT molecular complexity index is 1760. The molecule has 164 valence electrons. The zero-order chi connectivity index (χ0) is 22.6. The molecule has 1 aliphatic heterocycles. The van der Waals surface area contributed by atoms with Crippen LogP contribution in [-0.4, -0.2) is 36.4 Å². The molecule has 3 aromatic carbocycles. The second-order valence-electron chi connectivity index (χ2n) is 9.11. The topological polar surface area (TPSA) is 82.9 Å². The number of aliphatic hydroxyl groups is 2. The van der Waals surface area contributed by atoms with Gasteiger partial charge in [0.1, 0.15) is 0 Å². The van der Waals surface area contributed by atoms with Crippen molar-refractivity contribution in [3.8, 4) is 17.0 Å². The van der Waals surface area contributed by atoms with E-state index in [1.807, 2.05) is 30.3 Å². The number of para-hydroxylation sites is 2. The first kappa shape index (κ1) is 19.3. The molecular weight excluding hydrogens is 433 g/mol. The van der Waals surface area contributed by atoms with Crippen LogP contribution in [0.2, 0.25) is 0 Å². The van der Waals surface area contributed by atoms with Crippen LogP contribution in [0, 0.1) is 0 Å². The highest BCUT2D eigenvalue weighted by Gasteiger charge is 2.36. The number of aromatic hydroxyl groups is 1. The van der Waals surface area contributed by atoms with Gasteiger partial charge in [-0.15, -0.1) is 0 Å². The van der Waals surface area contributed by atoms with Gasteiger partial charge in [0.15, 0.2) is 0 Å². The Morgan fingerprint density at radius 3 is 2.42 bits per heavy atom. The van der Waals surface area contributed by atoms with E-state index in [0.717, 1.165) is 54.7 Å². The van der Waals surface area contributed by atoms with Crippen molar-refractivity contribution in [2.24, 2.45) is 4.99 Å². The van der Waals surface area contributed by atoms with Gasteiger partial charge in [-0.25, -0.2) is 4.99 Å². The third-order valence-electron chi connectivity index (χ3n) is 7.39. The summed E-state index contributed by atoms with van der Waals surface area (Å²) >= 11 is 0. The smallest absolute Gasteiger partial charge is 0.203 e. The lowest BCUT2D eigenvalue weighted by atomic mass is 9.97. The molecule has 6 nitrogen and oxygen atoms in total. The third-order valence-corrected chi connectivity index (χ3v) is 7.95. The second-order valence-corrected chi connectivity index (χ2v) is 9.63. The molecule has 5 aromatic rings. The molecule has 7 heteroatoms. The summed E-state index contributed by atoms with van der Waals surface area (Å²) in [5, 5.41) is 37.1. The Morgan fingerprint density at radius 2 is 1.64 bits per heavy atom. The summed E-state index contributed by atoms with van der Waals surface area (Å²) in [6.45, 7) is 4.28. The van der Waals surface area contributed by atoms with Crippen LogP contribution in [0.5, 0.6) is 5.88 Å². The summed E-state index contributed by atoms with van der Waals surface area (Å²) in [6, 6.07) is 16.1. The van der Waals surface area contributed by atoms with E-state index in [1.54, 1.807) is 4.34 Å². The molecule has 0 saturated heterocycles. The van der Waals surface area contributed by atoms with Crippen molar-refractivity contribution in [1.29, 1.82) is 0 Å². The molecule has 2 unspecified atom stereocenters. The van der Waals surface area contributed by atoms with E-state index in [2.05, 4.69) is 38.7 Å². The Hall–Kier alpha value is -3.18. The summed E-state index contributed by atoms with van der Waals surface area (Å²) in [5.41, 5.74) is 4.80. The first-order valence-electron chi connectivity index (χ1n) is 11.1. The summed E-state index contributed by atoms with van der Waals surface area (Å²) in [5.74, 6) is 0.145. The summed E-state index contributed by atoms with van der Waals surface area (Å²) in [7, 11) is 2.56. The first-order valence-corrected chi connectivity index (χ1v) is 11.6. The number of aromatic nitrogens is 2. The Kier molecular flexibility index (Phi) is 3.77. The van der Waals surface area contributed by atoms with E-state index in [-0.39, 0.29) is 11.9 Å². The number of rotatable bonds is 1. The fourth-order valence-electron chi connectivity index (χ4n) is 5.95. The maximum absolute atomic E-state index is 11.3. The Morgan fingerprint density at radius 1 is 0.939 bits per heavy atom. The molecule has 2 aromatic heterocycles. The summed E-state index contributed by atoms with van der Waals surface area (Å²) < 4.78 is 3.88. The van der Waals surface area contributed by atoms with E-state index in [4.69, 9.17) is 4.99 Å². The van der Waals surface area contributed by atoms with Gasteiger partial charge in [-0.1, -0.05) is 43.0 Å². The van der Waals surface area contributed by atoms with Gasteiger partial charge in [0, 0.05) is 44.2 Å². The maximum atomic E-state index is 11.3. The molecule has 0 bridgehead atoms. The molecule has 3 N–H and O–H groups in total. The van der Waals surface area contributed by atoms with Crippen molar-refractivity contribution in [3.63, 3.8) is 0 Å². The van der Waals surface area contributed by atoms with Crippen molar-refractivity contribution in [3.05, 3.63) is 59.2 Å². The van der Waals surface area contributed by atoms with Crippen LogP contribution in [-0.2, 0) is 0 Å². The normalized spacial score (nSPS) is 21.7. The van der Waals surface area contributed by atoms with E-state index in [0.29, 0.717) is 18.2 Å². The molecule has 2 aliphatic rings. The van der Waals surface area contributed by atoms with Crippen molar-refractivity contribution in [1.82, 2.24) is 8.90 Å². The maximum Gasteiger partial charge on any atom is 0.203 e. The van der Waals surface area contributed by atoms with Gasteiger partial charge >= 0.3 is 0 Å². The molecule has 1 aliphatic carbocycles. The van der Waals surface area contributed by atoms with Crippen LogP contribution in [0.15, 0.2) is 53.5 Å². The van der Waals surface area contributed by atoms with E-state index in [1.165, 1.54) is 0 Å². The average molecular weight is 455 g/mol. The lowest BCUT2D eigenvalue weighted by Gasteiger charge is -2.16. The molecule has 0 amide bonds. The van der Waals surface area contributed by atoms with E-state index in [9.17, 15) is 15.3 Å². The highest BCUT2D eigenvalue weighted by molar-refractivity contribution is 7.14. The highest BCUT2D eigenvalue weighted by Crippen LogP contribution is 2.46. The van der Waals surface area contributed by atoms with Crippen LogP contribution in [0.4, 0.5) is 5.69 Å². The van der Waals surface area contributed by atoms with Crippen molar-refractivity contribution in [2.75, 3.05) is 0 Å². The Balaban J connectivity index is 1.79. The van der Waals surface area contributed by atoms with Crippen molar-refractivity contribution in [2.45, 2.75) is 31.1 Å². The first-order chi connectivity index (χ1) is 16.0. The molecule has 1 saturated carbocycles. The monoisotopic (exact) mass is 455 g/mol. The minimum Gasteiger partial charge on any atom is -0.494 e. The van der Waals surface area contributed by atoms with Gasteiger partial charge in [0.05, 0.1) is 34.2 Å². The highest BCUT2D eigenvalue weighted by atomic mass is 31.0. The number of fused-ring (bicyclic) bond motifs is 10. The number of benzene rings is 3. The lowest BCUT2D eigenvalue weighted by molar-refractivity contribution is 0.0438. The van der Waals surface area contributed by atoms with Crippen LogP contribution >= 0.6 is 9.39 Å². The molecule has 1 fully saturated rings. The van der Waals surface area contributed by atoms with Gasteiger partial charge in [-0.2, -0.15) is 0 Å². The van der Waals surface area contributed by atoms with Crippen LogP contribution in [0.1, 0.15) is 18.9 Å². The third kappa shape index (κ3) is 2.31. The molecule has 3 heterocycles. The molecule has 7 rings (SSSR count). The van der Waals surface area contributed by atoms with E-state index < -0.39 is 12.2 Å². The fourth-order valence-corrected chi connectivity index (χ4v) is 6.21. The van der Waals surface area contributed by atoms with Crippen LogP contribution < -0.4 is 10.7 Å². The van der Waals surface area contributed by atoms with Gasteiger partial charge in [-0.3, -0.25) is 4.34 Å². The number of nitrogens with zero attached hydrogens (tertiary/aromatic N) is 3. The standard InChI is InChI=1S/C26H22N3O3P/c1-12-20-21-14-6-2-4-8-16(14)27-24(21)25-22(23(20)26(32)29(12)33)15-7-3-5-9-17(15)28(25)13-10-18(30)19(31)11-13/h2-9,13,18-19,30-32H,1,10-11,33H2/t13?,18-,19+. The average Bonchev–Trinajstić information content (AvgIpc) is 3.52. The van der Waals surface area contributed by atoms with Gasteiger partial charge < -0.3 is 19.9 Å². The molecule has 4 atom stereocenters. The van der Waals surface area contributed by atoms with E-state index >= 15 is 0 Å². The van der Waals surface area contributed by atoms with Gasteiger partial charge in [-0.05, 0) is 34.4 Å². The quantitative estimate of drug-likeness (QED) is 0.332. The minimum absolute atomic E-state index is 0.0858. The van der Waals surface area contributed by atoms with Gasteiger partial charge in [0.25, 0.3) is 0 Å². The lowest BCUT2D eigenvalue weighted by Crippen LogP contribution is -2.17. The molecule has 33 heavy (non-hydrogen) atoms. The molecule has 0 radical (unpaired) electrons. The number of aliphatic hydroxyl groups excluding tert-OH is 2. The molecule has 0 spiro atoms. The SMILES string of the molecule is C=c1c2c3c(c4c(c5ccccc5n4C4C[C@@H](O)[C@@H](O)C4)c2c(O)n1P)=Nc1ccccc1-3. The Labute approximate surface area is 191 Å². The zero-order valence-corrected chi connectivity index (χ0v) is 18.9. The minimum atomic E-state index is -0.759. The summed E-state index contributed by atoms with van der Waals surface area (Å²) in [6.07, 6.45) is -0.590. The number of hydrogen-bond acceptors (Lipinski definition) is 4.